The summed E-state index contributed by atoms with van der Waals surface area (Å²) in [4.78, 5) is 14.8. The smallest absolute Gasteiger partial charge is 0.430 e. The first-order valence-corrected chi connectivity index (χ1v) is 3.08. The molecule has 0 aromatic rings. The van der Waals surface area contributed by atoms with Crippen molar-refractivity contribution in [3.63, 3.8) is 0 Å². The van der Waals surface area contributed by atoms with Gasteiger partial charge in [0.25, 0.3) is 0 Å². The lowest BCUT2D eigenvalue weighted by Gasteiger charge is -2.07. The van der Waals surface area contributed by atoms with Crippen LogP contribution >= 0.6 is 11.6 Å². The molecule has 0 amide bonds. The Morgan fingerprint density at radius 3 is 2.55 bits per heavy atom. The number of carbonyl (C=O) groups excluding carboxylic acids is 1. The fourth-order valence-corrected chi connectivity index (χ4v) is 0.565. The lowest BCUT2D eigenvalue weighted by atomic mass is 10.4. The van der Waals surface area contributed by atoms with Gasteiger partial charge in [0.2, 0.25) is 0 Å². The molecule has 1 aliphatic heterocycles. The van der Waals surface area contributed by atoms with Gasteiger partial charge in [0.05, 0.1) is 0 Å². The zero-order valence-corrected chi connectivity index (χ0v) is 6.34. The monoisotopic (exact) mass is 179 g/mol. The molecule has 1 rings (SSSR count). The summed E-state index contributed by atoms with van der Waals surface area (Å²) in [5.41, 5.74) is 2.32. The molecule has 0 saturated carbocycles. The van der Waals surface area contributed by atoms with E-state index in [1.54, 1.807) is 0 Å². The standard InChI is InChI=1S/C4H4ClNO2.BH3O2/c5-4-1-3(7)2-8-6-4;2-1-3/h1,6H,2H2;1-3H. The molecule has 1 aliphatic rings. The Balaban J connectivity index is 0.000000292. The zero-order valence-electron chi connectivity index (χ0n) is 5.58. The molecule has 0 spiro atoms. The van der Waals surface area contributed by atoms with Gasteiger partial charge >= 0.3 is 7.69 Å². The van der Waals surface area contributed by atoms with Crippen LogP contribution in [0.3, 0.4) is 0 Å². The van der Waals surface area contributed by atoms with Crippen molar-refractivity contribution in [2.45, 2.75) is 0 Å². The molecular formula is C4H7BClNO4. The van der Waals surface area contributed by atoms with E-state index < -0.39 is 7.69 Å². The van der Waals surface area contributed by atoms with Crippen molar-refractivity contribution in [3.8, 4) is 0 Å². The summed E-state index contributed by atoms with van der Waals surface area (Å²) in [5.74, 6) is -0.117. The third-order valence-corrected chi connectivity index (χ3v) is 0.858. The van der Waals surface area contributed by atoms with Crippen LogP contribution in [0.4, 0.5) is 0 Å². The predicted molar refractivity (Wildman–Crippen MR) is 39.6 cm³/mol. The van der Waals surface area contributed by atoms with E-state index in [0.717, 1.165) is 0 Å². The van der Waals surface area contributed by atoms with Crippen molar-refractivity contribution < 1.29 is 19.7 Å². The number of ketones is 1. The van der Waals surface area contributed by atoms with Crippen molar-refractivity contribution >= 4 is 25.1 Å². The highest BCUT2D eigenvalue weighted by Gasteiger charge is 2.05. The topological polar surface area (TPSA) is 78.8 Å². The summed E-state index contributed by atoms with van der Waals surface area (Å²) in [5, 5.41) is 14.5. The minimum Gasteiger partial charge on any atom is -0.430 e. The van der Waals surface area contributed by atoms with E-state index in [4.69, 9.17) is 21.6 Å². The Bertz CT molecular complexity index is 162. The second-order valence-corrected chi connectivity index (χ2v) is 1.90. The summed E-state index contributed by atoms with van der Waals surface area (Å²) in [6.07, 6.45) is 1.28. The molecule has 0 fully saturated rings. The average Bonchev–Trinajstić information content (AvgIpc) is 1.88. The van der Waals surface area contributed by atoms with E-state index in [0.29, 0.717) is 0 Å². The molecule has 0 aromatic carbocycles. The summed E-state index contributed by atoms with van der Waals surface area (Å²) in [7, 11) is -0.750. The number of rotatable bonds is 0. The van der Waals surface area contributed by atoms with E-state index in [9.17, 15) is 4.79 Å². The fourth-order valence-electron chi connectivity index (χ4n) is 0.389. The SMILES string of the molecule is O=C1C=C(Cl)NOC1.OBO. The van der Waals surface area contributed by atoms with E-state index >= 15 is 0 Å². The number of hydrogen-bond acceptors (Lipinski definition) is 5. The minimum atomic E-state index is -0.750. The summed E-state index contributed by atoms with van der Waals surface area (Å²) >= 11 is 5.32. The van der Waals surface area contributed by atoms with Gasteiger partial charge in [-0.2, -0.15) is 0 Å². The fraction of sp³-hybridized carbons (Fsp3) is 0.250. The van der Waals surface area contributed by atoms with Crippen LogP contribution in [0.1, 0.15) is 0 Å². The van der Waals surface area contributed by atoms with E-state index in [1.165, 1.54) is 6.08 Å². The van der Waals surface area contributed by atoms with Crippen molar-refractivity contribution in [2.24, 2.45) is 0 Å². The molecule has 0 radical (unpaired) electrons. The predicted octanol–water partition coefficient (Wildman–Crippen LogP) is -1.59. The summed E-state index contributed by atoms with van der Waals surface area (Å²) < 4.78 is 0. The molecule has 0 bridgehead atoms. The van der Waals surface area contributed by atoms with Crippen molar-refractivity contribution in [1.82, 2.24) is 5.48 Å². The molecule has 62 valence electrons. The van der Waals surface area contributed by atoms with Crippen molar-refractivity contribution in [1.29, 1.82) is 0 Å². The molecule has 0 saturated heterocycles. The molecule has 0 unspecified atom stereocenters. The lowest BCUT2D eigenvalue weighted by Crippen LogP contribution is -2.22. The van der Waals surface area contributed by atoms with Crippen LogP contribution in [0.2, 0.25) is 0 Å². The van der Waals surface area contributed by atoms with Crippen molar-refractivity contribution in [2.75, 3.05) is 6.61 Å². The lowest BCUT2D eigenvalue weighted by molar-refractivity contribution is -0.122. The Hall–Kier alpha value is -0.555. The van der Waals surface area contributed by atoms with Crippen LogP contribution in [-0.2, 0) is 9.63 Å². The Morgan fingerprint density at radius 1 is 1.73 bits per heavy atom. The van der Waals surface area contributed by atoms with Gasteiger partial charge in [-0.15, -0.1) is 0 Å². The largest absolute Gasteiger partial charge is 0.432 e. The number of hydroxylamine groups is 1. The van der Waals surface area contributed by atoms with Crippen LogP contribution in [0.15, 0.2) is 11.2 Å². The van der Waals surface area contributed by atoms with Gasteiger partial charge in [0, 0.05) is 6.08 Å². The number of carbonyl (C=O) groups is 1. The third-order valence-electron chi connectivity index (χ3n) is 0.672. The Labute approximate surface area is 68.9 Å². The maximum atomic E-state index is 10.3. The number of hydrogen-bond donors (Lipinski definition) is 3. The molecule has 5 nitrogen and oxygen atoms in total. The van der Waals surface area contributed by atoms with Gasteiger partial charge in [-0.3, -0.25) is 15.1 Å². The van der Waals surface area contributed by atoms with Crippen molar-refractivity contribution in [3.05, 3.63) is 11.2 Å². The third kappa shape index (κ3) is 5.87. The number of nitrogens with one attached hydrogen (secondary N) is 1. The summed E-state index contributed by atoms with van der Waals surface area (Å²) in [6, 6.07) is 0. The Kier molecular flexibility index (Phi) is 5.86. The van der Waals surface area contributed by atoms with E-state index in [2.05, 4.69) is 10.3 Å². The Morgan fingerprint density at radius 2 is 2.27 bits per heavy atom. The van der Waals surface area contributed by atoms with Gasteiger partial charge in [-0.25, -0.2) is 0 Å². The maximum absolute atomic E-state index is 10.3. The van der Waals surface area contributed by atoms with Crippen LogP contribution in [0, 0.1) is 0 Å². The van der Waals surface area contributed by atoms with Gasteiger partial charge in [0.1, 0.15) is 11.8 Å². The average molecular weight is 179 g/mol. The maximum Gasteiger partial charge on any atom is 0.432 e. The van der Waals surface area contributed by atoms with E-state index in [1.807, 2.05) is 0 Å². The van der Waals surface area contributed by atoms with Crippen LogP contribution in [-0.4, -0.2) is 30.1 Å². The highest BCUT2D eigenvalue weighted by Crippen LogP contribution is 2.00. The molecule has 1 heterocycles. The molecular weight excluding hydrogens is 172 g/mol. The first-order chi connectivity index (χ1) is 5.20. The molecule has 0 atom stereocenters. The minimum absolute atomic E-state index is 0.0657. The number of halogens is 1. The van der Waals surface area contributed by atoms with Crippen LogP contribution in [0.5, 0.6) is 0 Å². The quantitative estimate of drug-likeness (QED) is 0.309. The van der Waals surface area contributed by atoms with Crippen LogP contribution in [0.25, 0.3) is 0 Å². The van der Waals surface area contributed by atoms with Crippen LogP contribution < -0.4 is 5.48 Å². The van der Waals surface area contributed by atoms with Gasteiger partial charge < -0.3 is 10.0 Å². The summed E-state index contributed by atoms with van der Waals surface area (Å²) in [6.45, 7) is 0.0657. The molecule has 7 heteroatoms. The highest BCUT2D eigenvalue weighted by molar-refractivity contribution is 6.30. The first kappa shape index (κ1) is 10.4. The first-order valence-electron chi connectivity index (χ1n) is 2.70. The molecule has 11 heavy (non-hydrogen) atoms. The van der Waals surface area contributed by atoms with Gasteiger partial charge in [-0.1, -0.05) is 11.6 Å². The second-order valence-electron chi connectivity index (χ2n) is 1.49. The zero-order chi connectivity index (χ0) is 8.69. The normalized spacial score (nSPS) is 15.5. The molecule has 3 N–H and O–H groups in total. The van der Waals surface area contributed by atoms with Gasteiger partial charge in [0.15, 0.2) is 5.78 Å². The van der Waals surface area contributed by atoms with E-state index in [-0.39, 0.29) is 17.5 Å². The molecule has 0 aliphatic carbocycles. The van der Waals surface area contributed by atoms with Gasteiger partial charge in [-0.05, 0) is 0 Å². The second kappa shape index (κ2) is 6.17. The highest BCUT2D eigenvalue weighted by atomic mass is 35.5. The molecule has 0 aromatic heterocycles.